The maximum absolute atomic E-state index is 5.53. The zero-order valence-corrected chi connectivity index (χ0v) is 11.4. The van der Waals surface area contributed by atoms with Gasteiger partial charge in [-0.2, -0.15) is 4.98 Å². The highest BCUT2D eigenvalue weighted by Crippen LogP contribution is 2.16. The maximum atomic E-state index is 5.53. The summed E-state index contributed by atoms with van der Waals surface area (Å²) < 4.78 is 11.2. The molecule has 96 valence electrons. The van der Waals surface area contributed by atoms with Gasteiger partial charge in [-0.3, -0.25) is 4.98 Å². The number of ether oxygens (including phenoxy) is 1. The fourth-order valence-electron chi connectivity index (χ4n) is 1.41. The Bertz CT molecular complexity index is 496. The van der Waals surface area contributed by atoms with Gasteiger partial charge in [-0.05, 0) is 28.1 Å². The first-order chi connectivity index (χ1) is 8.72. The van der Waals surface area contributed by atoms with Crippen molar-refractivity contribution >= 4 is 15.9 Å². The van der Waals surface area contributed by atoms with E-state index in [0.717, 1.165) is 4.47 Å². The van der Waals surface area contributed by atoms with Crippen LogP contribution in [0.15, 0.2) is 27.3 Å². The molecular formula is C11H13BrN4O2. The Balaban J connectivity index is 2.12. The molecule has 0 aliphatic heterocycles. The van der Waals surface area contributed by atoms with Crippen molar-refractivity contribution < 1.29 is 9.26 Å². The average Bonchev–Trinajstić information content (AvgIpc) is 2.85. The molecule has 2 N–H and O–H groups in total. The number of methoxy groups -OCH3 is 1. The van der Waals surface area contributed by atoms with Crippen LogP contribution in [0, 0.1) is 0 Å². The summed E-state index contributed by atoms with van der Waals surface area (Å²) in [6.45, 7) is 0.407. The van der Waals surface area contributed by atoms with E-state index in [-0.39, 0.29) is 6.10 Å². The molecule has 0 fully saturated rings. The average molecular weight is 313 g/mol. The van der Waals surface area contributed by atoms with Crippen LogP contribution in [0.1, 0.15) is 5.89 Å². The van der Waals surface area contributed by atoms with Gasteiger partial charge in [-0.1, -0.05) is 5.16 Å². The summed E-state index contributed by atoms with van der Waals surface area (Å²) >= 11 is 3.32. The van der Waals surface area contributed by atoms with Crippen LogP contribution >= 0.6 is 15.9 Å². The Hall–Kier alpha value is -1.31. The summed E-state index contributed by atoms with van der Waals surface area (Å²) in [5.41, 5.74) is 6.20. The monoisotopic (exact) mass is 312 g/mol. The van der Waals surface area contributed by atoms with Crippen LogP contribution in [0.3, 0.4) is 0 Å². The van der Waals surface area contributed by atoms with E-state index in [1.54, 1.807) is 13.3 Å². The second-order valence-electron chi connectivity index (χ2n) is 3.67. The fourth-order valence-corrected chi connectivity index (χ4v) is 1.64. The molecule has 2 rings (SSSR count). The molecule has 0 amide bonds. The van der Waals surface area contributed by atoms with E-state index >= 15 is 0 Å². The number of hydrogen-bond acceptors (Lipinski definition) is 6. The quantitative estimate of drug-likeness (QED) is 0.898. The Morgan fingerprint density at radius 3 is 2.94 bits per heavy atom. The SMILES string of the molecule is COC(CN)Cc1nc(-c2ccc(Br)cn2)no1. The molecule has 1 atom stereocenters. The number of pyridine rings is 1. The lowest BCUT2D eigenvalue weighted by Gasteiger charge is -2.08. The number of hydrogen-bond donors (Lipinski definition) is 1. The van der Waals surface area contributed by atoms with Crippen molar-refractivity contribution in [1.29, 1.82) is 0 Å². The van der Waals surface area contributed by atoms with Gasteiger partial charge in [0.1, 0.15) is 5.69 Å². The van der Waals surface area contributed by atoms with E-state index in [4.69, 9.17) is 15.0 Å². The molecule has 18 heavy (non-hydrogen) atoms. The normalized spacial score (nSPS) is 12.6. The summed E-state index contributed by atoms with van der Waals surface area (Å²) in [7, 11) is 1.60. The Morgan fingerprint density at radius 2 is 2.33 bits per heavy atom. The van der Waals surface area contributed by atoms with Crippen LogP contribution in [0.2, 0.25) is 0 Å². The van der Waals surface area contributed by atoms with Gasteiger partial charge in [0, 0.05) is 24.3 Å². The molecule has 0 aliphatic carbocycles. The van der Waals surface area contributed by atoms with Crippen LogP contribution in [-0.2, 0) is 11.2 Å². The number of rotatable bonds is 5. The van der Waals surface area contributed by atoms with Gasteiger partial charge in [-0.25, -0.2) is 0 Å². The third-order valence-electron chi connectivity index (χ3n) is 2.42. The molecule has 0 aliphatic rings. The highest BCUT2D eigenvalue weighted by molar-refractivity contribution is 9.10. The zero-order valence-electron chi connectivity index (χ0n) is 9.84. The third-order valence-corrected chi connectivity index (χ3v) is 2.89. The predicted molar refractivity (Wildman–Crippen MR) is 68.8 cm³/mol. The molecule has 0 saturated carbocycles. The van der Waals surface area contributed by atoms with Crippen molar-refractivity contribution in [3.05, 3.63) is 28.7 Å². The second-order valence-corrected chi connectivity index (χ2v) is 4.59. The first-order valence-electron chi connectivity index (χ1n) is 5.40. The summed E-state index contributed by atoms with van der Waals surface area (Å²) in [4.78, 5) is 8.45. The Labute approximate surface area is 113 Å². The van der Waals surface area contributed by atoms with Gasteiger partial charge in [0.15, 0.2) is 0 Å². The van der Waals surface area contributed by atoms with E-state index in [1.807, 2.05) is 12.1 Å². The van der Waals surface area contributed by atoms with Gasteiger partial charge in [0.25, 0.3) is 0 Å². The maximum Gasteiger partial charge on any atom is 0.229 e. The van der Waals surface area contributed by atoms with E-state index in [2.05, 4.69) is 31.1 Å². The standard InChI is InChI=1S/C11H13BrN4O2/c1-17-8(5-13)4-10-15-11(16-18-10)9-3-2-7(12)6-14-9/h2-3,6,8H,4-5,13H2,1H3. The van der Waals surface area contributed by atoms with Crippen LogP contribution in [0.25, 0.3) is 11.5 Å². The third kappa shape index (κ3) is 3.12. The summed E-state index contributed by atoms with van der Waals surface area (Å²) in [6.07, 6.45) is 2.07. The topological polar surface area (TPSA) is 87.1 Å². The lowest BCUT2D eigenvalue weighted by Crippen LogP contribution is -2.24. The summed E-state index contributed by atoms with van der Waals surface area (Å²) in [6, 6.07) is 3.69. The fraction of sp³-hybridized carbons (Fsp3) is 0.364. The van der Waals surface area contributed by atoms with Gasteiger partial charge < -0.3 is 15.0 Å². The van der Waals surface area contributed by atoms with Crippen LogP contribution in [0.5, 0.6) is 0 Å². The van der Waals surface area contributed by atoms with E-state index < -0.39 is 0 Å². The number of nitrogens with zero attached hydrogens (tertiary/aromatic N) is 3. The first-order valence-corrected chi connectivity index (χ1v) is 6.19. The molecule has 1 unspecified atom stereocenters. The van der Waals surface area contributed by atoms with Gasteiger partial charge in [-0.15, -0.1) is 0 Å². The lowest BCUT2D eigenvalue weighted by atomic mass is 10.2. The predicted octanol–water partition coefficient (Wildman–Crippen LogP) is 1.41. The van der Waals surface area contributed by atoms with Gasteiger partial charge in [0.2, 0.25) is 11.7 Å². The number of halogens is 1. The zero-order chi connectivity index (χ0) is 13.0. The Morgan fingerprint density at radius 1 is 1.50 bits per heavy atom. The van der Waals surface area contributed by atoms with E-state index in [0.29, 0.717) is 30.4 Å². The highest BCUT2D eigenvalue weighted by atomic mass is 79.9. The molecule has 6 nitrogen and oxygen atoms in total. The van der Waals surface area contributed by atoms with Gasteiger partial charge >= 0.3 is 0 Å². The second kappa shape index (κ2) is 6.03. The smallest absolute Gasteiger partial charge is 0.229 e. The van der Waals surface area contributed by atoms with Crippen LogP contribution < -0.4 is 5.73 Å². The largest absolute Gasteiger partial charge is 0.380 e. The molecule has 0 bridgehead atoms. The Kier molecular flexibility index (Phi) is 4.40. The number of aromatic nitrogens is 3. The number of nitrogens with two attached hydrogens (primary N) is 1. The minimum Gasteiger partial charge on any atom is -0.380 e. The molecule has 2 heterocycles. The van der Waals surface area contributed by atoms with E-state index in [1.165, 1.54) is 0 Å². The molecule has 0 aromatic carbocycles. The summed E-state index contributed by atoms with van der Waals surface area (Å²) in [5, 5.41) is 3.88. The lowest BCUT2D eigenvalue weighted by molar-refractivity contribution is 0.102. The molecule has 2 aromatic rings. The first kappa shape index (κ1) is 13.1. The van der Waals surface area contributed by atoms with Crippen molar-refractivity contribution in [3.8, 4) is 11.5 Å². The van der Waals surface area contributed by atoms with Gasteiger partial charge in [0.05, 0.1) is 12.5 Å². The van der Waals surface area contributed by atoms with E-state index in [9.17, 15) is 0 Å². The minimum atomic E-state index is -0.115. The van der Waals surface area contributed by atoms with Crippen molar-refractivity contribution in [3.63, 3.8) is 0 Å². The molecule has 0 radical (unpaired) electrons. The highest BCUT2D eigenvalue weighted by Gasteiger charge is 2.14. The van der Waals surface area contributed by atoms with Crippen molar-refractivity contribution in [2.24, 2.45) is 5.73 Å². The molecule has 2 aromatic heterocycles. The molecule has 0 spiro atoms. The van der Waals surface area contributed by atoms with Crippen molar-refractivity contribution in [2.45, 2.75) is 12.5 Å². The molecule has 7 heteroatoms. The van der Waals surface area contributed by atoms with Crippen molar-refractivity contribution in [1.82, 2.24) is 15.1 Å². The molecule has 0 saturated heterocycles. The molecular weight excluding hydrogens is 300 g/mol. The minimum absolute atomic E-state index is 0.115. The van der Waals surface area contributed by atoms with Crippen LogP contribution in [-0.4, -0.2) is 34.9 Å². The summed E-state index contributed by atoms with van der Waals surface area (Å²) in [5.74, 6) is 0.955. The van der Waals surface area contributed by atoms with Crippen LogP contribution in [0.4, 0.5) is 0 Å². The van der Waals surface area contributed by atoms with Crippen molar-refractivity contribution in [2.75, 3.05) is 13.7 Å².